The van der Waals surface area contributed by atoms with E-state index in [4.69, 9.17) is 0 Å². The number of nitrogens with zero attached hydrogens (tertiary/aromatic N) is 2. The van der Waals surface area contributed by atoms with Gasteiger partial charge in [-0.05, 0) is 57.4 Å². The zero-order valence-electron chi connectivity index (χ0n) is 14.0. The van der Waals surface area contributed by atoms with E-state index in [9.17, 15) is 0 Å². The van der Waals surface area contributed by atoms with Gasteiger partial charge in [-0.2, -0.15) is 0 Å². The van der Waals surface area contributed by atoms with Crippen molar-refractivity contribution in [2.45, 2.75) is 54.1 Å². The highest BCUT2D eigenvalue weighted by molar-refractivity contribution is 5.38. The average molecular weight is 285 g/mol. The summed E-state index contributed by atoms with van der Waals surface area (Å²) in [6.45, 7) is 13.7. The summed E-state index contributed by atoms with van der Waals surface area (Å²) >= 11 is 0. The highest BCUT2D eigenvalue weighted by atomic mass is 15.1. The van der Waals surface area contributed by atoms with E-state index in [-0.39, 0.29) is 0 Å². The molecule has 0 aliphatic carbocycles. The van der Waals surface area contributed by atoms with Crippen LogP contribution in [-0.4, -0.2) is 16.1 Å². The van der Waals surface area contributed by atoms with Gasteiger partial charge in [-0.1, -0.05) is 24.6 Å². The number of rotatable bonds is 6. The number of aryl methyl sites for hydroxylation is 4. The summed E-state index contributed by atoms with van der Waals surface area (Å²) < 4.78 is 2.33. The number of nitrogens with one attached hydrogen (secondary N) is 1. The topological polar surface area (TPSA) is 29.9 Å². The molecule has 0 aliphatic heterocycles. The Labute approximate surface area is 128 Å². The lowest BCUT2D eigenvalue weighted by Gasteiger charge is -2.16. The van der Waals surface area contributed by atoms with E-state index in [1.807, 2.05) is 6.20 Å². The number of aromatic nitrogens is 2. The van der Waals surface area contributed by atoms with Gasteiger partial charge in [0.05, 0.1) is 5.69 Å². The fourth-order valence-corrected chi connectivity index (χ4v) is 2.88. The lowest BCUT2D eigenvalue weighted by atomic mass is 9.99. The van der Waals surface area contributed by atoms with Crippen molar-refractivity contribution in [3.8, 4) is 0 Å². The summed E-state index contributed by atoms with van der Waals surface area (Å²) in [5, 5.41) is 3.47. The first-order valence-corrected chi connectivity index (χ1v) is 7.81. The minimum absolute atomic E-state index is 0.888. The summed E-state index contributed by atoms with van der Waals surface area (Å²) in [7, 11) is 0. The monoisotopic (exact) mass is 285 g/mol. The summed E-state index contributed by atoms with van der Waals surface area (Å²) in [5.41, 5.74) is 6.75. The number of imidazole rings is 1. The van der Waals surface area contributed by atoms with E-state index in [1.165, 1.54) is 27.9 Å². The zero-order chi connectivity index (χ0) is 15.4. The second kappa shape index (κ2) is 6.90. The van der Waals surface area contributed by atoms with Gasteiger partial charge < -0.3 is 9.88 Å². The molecule has 0 spiro atoms. The summed E-state index contributed by atoms with van der Waals surface area (Å²) in [6.07, 6.45) is 3.15. The third kappa shape index (κ3) is 3.73. The van der Waals surface area contributed by atoms with E-state index < -0.39 is 0 Å². The van der Waals surface area contributed by atoms with Crippen molar-refractivity contribution in [2.75, 3.05) is 6.54 Å². The largest absolute Gasteiger partial charge is 0.327 e. The van der Waals surface area contributed by atoms with E-state index in [0.717, 1.165) is 31.9 Å². The Hall–Kier alpha value is -1.61. The molecule has 0 saturated heterocycles. The predicted octanol–water partition coefficient (Wildman–Crippen LogP) is 3.66. The SMILES string of the molecule is CCCNCc1cnc(C)n1Cc1c(C)cc(C)cc1C. The normalized spacial score (nSPS) is 11.1. The molecule has 2 aromatic rings. The van der Waals surface area contributed by atoms with Crippen LogP contribution in [0.5, 0.6) is 0 Å². The predicted molar refractivity (Wildman–Crippen MR) is 88.7 cm³/mol. The van der Waals surface area contributed by atoms with Crippen molar-refractivity contribution in [1.29, 1.82) is 0 Å². The molecule has 3 nitrogen and oxygen atoms in total. The maximum atomic E-state index is 4.49. The fourth-order valence-electron chi connectivity index (χ4n) is 2.88. The third-order valence-corrected chi connectivity index (χ3v) is 4.03. The number of hydrogen-bond acceptors (Lipinski definition) is 2. The first-order valence-electron chi connectivity index (χ1n) is 7.81. The summed E-state index contributed by atoms with van der Waals surface area (Å²) in [6, 6.07) is 4.53. The molecule has 0 aliphatic rings. The van der Waals surface area contributed by atoms with Crippen molar-refractivity contribution in [2.24, 2.45) is 0 Å². The number of hydrogen-bond donors (Lipinski definition) is 1. The Bertz CT molecular complexity index is 588. The molecule has 3 heteroatoms. The fraction of sp³-hybridized carbons (Fsp3) is 0.500. The Kier molecular flexibility index (Phi) is 5.18. The quantitative estimate of drug-likeness (QED) is 0.821. The molecule has 0 amide bonds. The van der Waals surface area contributed by atoms with Crippen LogP contribution in [0.2, 0.25) is 0 Å². The minimum Gasteiger partial charge on any atom is -0.327 e. The van der Waals surface area contributed by atoms with Crippen LogP contribution in [0.15, 0.2) is 18.3 Å². The molecule has 0 fully saturated rings. The molecule has 1 heterocycles. The molecule has 0 radical (unpaired) electrons. The lowest BCUT2D eigenvalue weighted by Crippen LogP contribution is -2.18. The maximum Gasteiger partial charge on any atom is 0.106 e. The molecule has 0 saturated carbocycles. The van der Waals surface area contributed by atoms with Gasteiger partial charge in [0, 0.05) is 19.3 Å². The molecule has 2 rings (SSSR count). The first kappa shape index (κ1) is 15.8. The summed E-state index contributed by atoms with van der Waals surface area (Å²) in [4.78, 5) is 4.49. The van der Waals surface area contributed by atoms with Crippen LogP contribution in [0.4, 0.5) is 0 Å². The van der Waals surface area contributed by atoms with Crippen LogP contribution < -0.4 is 5.32 Å². The van der Waals surface area contributed by atoms with Gasteiger partial charge in [0.1, 0.15) is 5.82 Å². The average Bonchev–Trinajstić information content (AvgIpc) is 2.75. The lowest BCUT2D eigenvalue weighted by molar-refractivity contribution is 0.622. The van der Waals surface area contributed by atoms with Gasteiger partial charge in [-0.3, -0.25) is 0 Å². The van der Waals surface area contributed by atoms with Crippen LogP contribution >= 0.6 is 0 Å². The van der Waals surface area contributed by atoms with Crippen molar-refractivity contribution in [3.05, 3.63) is 52.1 Å². The van der Waals surface area contributed by atoms with Crippen molar-refractivity contribution in [1.82, 2.24) is 14.9 Å². The third-order valence-electron chi connectivity index (χ3n) is 4.03. The number of benzene rings is 1. The minimum atomic E-state index is 0.888. The van der Waals surface area contributed by atoms with Crippen LogP contribution in [0.25, 0.3) is 0 Å². The van der Waals surface area contributed by atoms with Crippen LogP contribution in [0.1, 0.15) is 47.1 Å². The van der Waals surface area contributed by atoms with Crippen LogP contribution in [-0.2, 0) is 13.1 Å². The molecule has 21 heavy (non-hydrogen) atoms. The summed E-state index contributed by atoms with van der Waals surface area (Å²) in [5.74, 6) is 1.09. The molecule has 1 N–H and O–H groups in total. The van der Waals surface area contributed by atoms with E-state index in [1.54, 1.807) is 0 Å². The van der Waals surface area contributed by atoms with Crippen molar-refractivity contribution in [3.63, 3.8) is 0 Å². The molecule has 0 bridgehead atoms. The second-order valence-electron chi connectivity index (χ2n) is 5.94. The second-order valence-corrected chi connectivity index (χ2v) is 5.94. The zero-order valence-corrected chi connectivity index (χ0v) is 14.0. The van der Waals surface area contributed by atoms with Crippen molar-refractivity contribution < 1.29 is 0 Å². The molecular formula is C18H27N3. The first-order chi connectivity index (χ1) is 10.0. The van der Waals surface area contributed by atoms with Gasteiger partial charge in [0.2, 0.25) is 0 Å². The maximum absolute atomic E-state index is 4.49. The standard InChI is InChI=1S/C18H27N3/c1-6-7-19-10-17-11-20-16(5)21(17)12-18-14(3)8-13(2)9-15(18)4/h8-9,11,19H,6-7,10,12H2,1-5H3. The van der Waals surface area contributed by atoms with Crippen LogP contribution in [0.3, 0.4) is 0 Å². The van der Waals surface area contributed by atoms with Gasteiger partial charge in [-0.15, -0.1) is 0 Å². The molecule has 0 atom stereocenters. The van der Waals surface area contributed by atoms with E-state index >= 15 is 0 Å². The van der Waals surface area contributed by atoms with Gasteiger partial charge >= 0.3 is 0 Å². The van der Waals surface area contributed by atoms with Gasteiger partial charge in [0.15, 0.2) is 0 Å². The highest BCUT2D eigenvalue weighted by Gasteiger charge is 2.10. The van der Waals surface area contributed by atoms with E-state index in [2.05, 4.69) is 61.6 Å². The van der Waals surface area contributed by atoms with Crippen molar-refractivity contribution >= 4 is 0 Å². The Morgan fingerprint density at radius 1 is 1.10 bits per heavy atom. The highest BCUT2D eigenvalue weighted by Crippen LogP contribution is 2.19. The molecule has 114 valence electrons. The smallest absolute Gasteiger partial charge is 0.106 e. The molecule has 1 aromatic heterocycles. The molecule has 0 unspecified atom stereocenters. The Balaban J connectivity index is 2.25. The molecular weight excluding hydrogens is 258 g/mol. The van der Waals surface area contributed by atoms with Gasteiger partial charge in [-0.25, -0.2) is 4.98 Å². The Morgan fingerprint density at radius 2 is 1.76 bits per heavy atom. The molecule has 1 aromatic carbocycles. The van der Waals surface area contributed by atoms with E-state index in [0.29, 0.717) is 0 Å². The van der Waals surface area contributed by atoms with Crippen LogP contribution in [0, 0.1) is 27.7 Å². The van der Waals surface area contributed by atoms with Gasteiger partial charge in [0.25, 0.3) is 0 Å². The Morgan fingerprint density at radius 3 is 2.38 bits per heavy atom.